The number of amides is 1. The smallest absolute Gasteiger partial charge is 0.226 e. The highest BCUT2D eigenvalue weighted by Crippen LogP contribution is 2.19. The van der Waals surface area contributed by atoms with E-state index in [9.17, 15) is 13.2 Å². The minimum atomic E-state index is -3.18. The van der Waals surface area contributed by atoms with Crippen molar-refractivity contribution in [2.75, 3.05) is 19.9 Å². The van der Waals surface area contributed by atoms with E-state index in [0.717, 1.165) is 16.9 Å². The maximum Gasteiger partial charge on any atom is 0.226 e. The molecule has 0 aliphatic carbocycles. The average molecular weight is 341 g/mol. The van der Waals surface area contributed by atoms with E-state index in [-0.39, 0.29) is 25.0 Å². The number of nitrogens with zero attached hydrogens (tertiary/aromatic N) is 1. The number of benzene rings is 1. The predicted octanol–water partition coefficient (Wildman–Crippen LogP) is 2.35. The van der Waals surface area contributed by atoms with Gasteiger partial charge in [-0.1, -0.05) is 17.7 Å². The summed E-state index contributed by atoms with van der Waals surface area (Å²) in [4.78, 5) is 13.7. The molecule has 0 N–H and O–H groups in total. The lowest BCUT2D eigenvalue weighted by molar-refractivity contribution is -0.132. The average Bonchev–Trinajstić information content (AvgIpc) is 2.46. The van der Waals surface area contributed by atoms with Gasteiger partial charge in [0.2, 0.25) is 5.91 Å². The molecule has 0 saturated heterocycles. The third-order valence-corrected chi connectivity index (χ3v) is 6.01. The fraction of sp³-hybridized carbons (Fsp3) is 0.588. The minimum Gasteiger partial charge on any atom is -0.493 e. The first kappa shape index (κ1) is 19.5. The lowest BCUT2D eigenvalue weighted by Gasteiger charge is -2.29. The highest BCUT2D eigenvalue weighted by molar-refractivity contribution is 7.91. The Bertz CT molecular complexity index is 655. The summed E-state index contributed by atoms with van der Waals surface area (Å²) >= 11 is 0. The lowest BCUT2D eigenvalue weighted by Crippen LogP contribution is -2.44. The highest BCUT2D eigenvalue weighted by Gasteiger charge is 2.27. The summed E-state index contributed by atoms with van der Waals surface area (Å²) in [5.41, 5.74) is 2.19. The van der Waals surface area contributed by atoms with E-state index in [1.54, 1.807) is 20.9 Å². The van der Waals surface area contributed by atoms with E-state index >= 15 is 0 Å². The van der Waals surface area contributed by atoms with Crippen molar-refractivity contribution < 1.29 is 17.9 Å². The van der Waals surface area contributed by atoms with Crippen molar-refractivity contribution in [3.05, 3.63) is 29.3 Å². The molecule has 23 heavy (non-hydrogen) atoms. The fourth-order valence-electron chi connectivity index (χ4n) is 2.29. The summed E-state index contributed by atoms with van der Waals surface area (Å²) in [7, 11) is -1.55. The molecule has 0 fully saturated rings. The Kier molecular flexibility index (Phi) is 6.62. The summed E-state index contributed by atoms with van der Waals surface area (Å²) in [5, 5.41) is -0.600. The molecule has 0 bridgehead atoms. The van der Waals surface area contributed by atoms with Crippen molar-refractivity contribution in [3.63, 3.8) is 0 Å². The van der Waals surface area contributed by atoms with Crippen LogP contribution < -0.4 is 4.74 Å². The molecule has 1 aromatic carbocycles. The summed E-state index contributed by atoms with van der Waals surface area (Å²) in [5.74, 6) is 0.640. The second-order valence-electron chi connectivity index (χ2n) is 6.15. The van der Waals surface area contributed by atoms with Gasteiger partial charge in [0.15, 0.2) is 9.84 Å². The van der Waals surface area contributed by atoms with Gasteiger partial charge < -0.3 is 9.64 Å². The SMILES string of the molecule is Cc1ccc(OCCC(=O)N(C)[C@@H](C)[C@@H](C)S(C)(=O)=O)c(C)c1. The summed E-state index contributed by atoms with van der Waals surface area (Å²) in [6.07, 6.45) is 1.40. The predicted molar refractivity (Wildman–Crippen MR) is 92.6 cm³/mol. The molecule has 0 unspecified atom stereocenters. The molecule has 0 radical (unpaired) electrons. The van der Waals surface area contributed by atoms with Crippen LogP contribution in [0, 0.1) is 13.8 Å². The van der Waals surface area contributed by atoms with E-state index in [1.165, 1.54) is 11.2 Å². The first-order chi connectivity index (χ1) is 10.5. The number of hydrogen-bond acceptors (Lipinski definition) is 4. The molecular weight excluding hydrogens is 314 g/mol. The number of hydrogen-bond donors (Lipinski definition) is 0. The zero-order valence-corrected chi connectivity index (χ0v) is 15.6. The molecule has 5 nitrogen and oxygen atoms in total. The quantitative estimate of drug-likeness (QED) is 0.764. The van der Waals surface area contributed by atoms with Crippen LogP contribution in [0.1, 0.15) is 31.4 Å². The van der Waals surface area contributed by atoms with Crippen molar-refractivity contribution in [1.82, 2.24) is 4.90 Å². The number of aryl methyl sites for hydroxylation is 2. The van der Waals surface area contributed by atoms with E-state index in [4.69, 9.17) is 4.74 Å². The summed E-state index contributed by atoms with van der Waals surface area (Å²) in [6, 6.07) is 5.51. The Hall–Kier alpha value is -1.56. The molecule has 1 rings (SSSR count). The van der Waals surface area contributed by atoms with Crippen LogP contribution in [0.15, 0.2) is 18.2 Å². The molecular formula is C17H27NO4S. The van der Waals surface area contributed by atoms with Gasteiger partial charge in [0.25, 0.3) is 0 Å². The molecule has 130 valence electrons. The molecule has 0 aromatic heterocycles. The van der Waals surface area contributed by atoms with Crippen LogP contribution in [0.5, 0.6) is 5.75 Å². The van der Waals surface area contributed by atoms with Gasteiger partial charge in [0.05, 0.1) is 18.3 Å². The number of carbonyl (C=O) groups is 1. The van der Waals surface area contributed by atoms with Gasteiger partial charge in [-0.15, -0.1) is 0 Å². The van der Waals surface area contributed by atoms with Gasteiger partial charge in [-0.3, -0.25) is 4.79 Å². The molecule has 0 heterocycles. The third kappa shape index (κ3) is 5.53. The van der Waals surface area contributed by atoms with E-state index in [1.807, 2.05) is 32.0 Å². The van der Waals surface area contributed by atoms with Gasteiger partial charge in [-0.2, -0.15) is 0 Å². The standard InChI is InChI=1S/C17H27NO4S/c1-12-7-8-16(13(2)11-12)22-10-9-17(19)18(5)14(3)15(4)23(6,20)21/h7-8,11,14-15H,9-10H2,1-6H3/t14-,15+/m0/s1. The molecule has 0 aliphatic heterocycles. The zero-order valence-electron chi connectivity index (χ0n) is 14.8. The number of ether oxygens (including phenoxy) is 1. The monoisotopic (exact) mass is 341 g/mol. The normalized spacial score (nSPS) is 14.2. The van der Waals surface area contributed by atoms with Crippen LogP contribution in [-0.2, 0) is 14.6 Å². The van der Waals surface area contributed by atoms with Crippen molar-refractivity contribution in [2.24, 2.45) is 0 Å². The molecule has 0 saturated carbocycles. The van der Waals surface area contributed by atoms with E-state index in [0.29, 0.717) is 0 Å². The minimum absolute atomic E-state index is 0.127. The van der Waals surface area contributed by atoms with Gasteiger partial charge in [0.1, 0.15) is 5.75 Å². The Morgan fingerprint density at radius 3 is 2.39 bits per heavy atom. The molecule has 1 amide bonds. The summed E-state index contributed by atoms with van der Waals surface area (Å²) in [6.45, 7) is 7.61. The number of carbonyl (C=O) groups excluding carboxylic acids is 1. The van der Waals surface area contributed by atoms with Crippen LogP contribution in [0.3, 0.4) is 0 Å². The van der Waals surface area contributed by atoms with E-state index < -0.39 is 15.1 Å². The zero-order chi connectivity index (χ0) is 17.8. The van der Waals surface area contributed by atoms with Crippen molar-refractivity contribution in [2.45, 2.75) is 45.4 Å². The fourth-order valence-corrected chi connectivity index (χ4v) is 3.18. The largest absolute Gasteiger partial charge is 0.493 e. The van der Waals surface area contributed by atoms with Gasteiger partial charge in [0, 0.05) is 19.3 Å². The Labute approximate surface area is 139 Å². The van der Waals surface area contributed by atoms with Gasteiger partial charge in [-0.25, -0.2) is 8.42 Å². The Morgan fingerprint density at radius 2 is 1.87 bits per heavy atom. The van der Waals surface area contributed by atoms with Gasteiger partial charge in [-0.05, 0) is 39.3 Å². The molecule has 0 spiro atoms. The molecule has 0 aliphatic rings. The highest BCUT2D eigenvalue weighted by atomic mass is 32.2. The Balaban J connectivity index is 2.56. The van der Waals surface area contributed by atoms with Crippen LogP contribution in [0.4, 0.5) is 0 Å². The second-order valence-corrected chi connectivity index (χ2v) is 8.55. The summed E-state index contributed by atoms with van der Waals surface area (Å²) < 4.78 is 28.9. The van der Waals surface area contributed by atoms with Crippen LogP contribution in [0.25, 0.3) is 0 Å². The molecule has 1 aromatic rings. The Morgan fingerprint density at radius 1 is 1.26 bits per heavy atom. The first-order valence-electron chi connectivity index (χ1n) is 7.68. The van der Waals surface area contributed by atoms with Crippen LogP contribution in [0.2, 0.25) is 0 Å². The number of rotatable bonds is 7. The third-order valence-electron chi connectivity index (χ3n) is 4.26. The van der Waals surface area contributed by atoms with Crippen molar-refractivity contribution >= 4 is 15.7 Å². The van der Waals surface area contributed by atoms with Crippen molar-refractivity contribution in [3.8, 4) is 5.75 Å². The van der Waals surface area contributed by atoms with Crippen LogP contribution in [-0.4, -0.2) is 50.4 Å². The topological polar surface area (TPSA) is 63.7 Å². The molecule has 2 atom stereocenters. The second kappa shape index (κ2) is 7.81. The number of sulfone groups is 1. The molecule has 6 heteroatoms. The van der Waals surface area contributed by atoms with Crippen LogP contribution >= 0.6 is 0 Å². The lowest BCUT2D eigenvalue weighted by atomic mass is 10.1. The first-order valence-corrected chi connectivity index (χ1v) is 9.64. The maximum absolute atomic E-state index is 12.2. The van der Waals surface area contributed by atoms with Gasteiger partial charge >= 0.3 is 0 Å². The van der Waals surface area contributed by atoms with Crippen molar-refractivity contribution in [1.29, 1.82) is 0 Å². The maximum atomic E-state index is 12.2. The van der Waals surface area contributed by atoms with E-state index in [2.05, 4.69) is 0 Å².